The van der Waals surface area contributed by atoms with Crippen LogP contribution in [-0.2, 0) is 23.3 Å². The Morgan fingerprint density at radius 2 is 1.88 bits per heavy atom. The number of fused-ring (bicyclic) bond motifs is 2. The van der Waals surface area contributed by atoms with Gasteiger partial charge in [-0.25, -0.2) is 13.4 Å². The van der Waals surface area contributed by atoms with E-state index in [9.17, 15) is 8.42 Å². The van der Waals surface area contributed by atoms with Gasteiger partial charge in [0.05, 0.1) is 26.8 Å². The molecule has 1 saturated heterocycles. The normalized spacial score (nSPS) is 18.2. The van der Waals surface area contributed by atoms with E-state index in [1.807, 2.05) is 11.4 Å². The fourth-order valence-electron chi connectivity index (χ4n) is 5.95. The van der Waals surface area contributed by atoms with Gasteiger partial charge in [-0.2, -0.15) is 10.1 Å². The minimum absolute atomic E-state index is 0.00755. The van der Waals surface area contributed by atoms with Crippen molar-refractivity contribution in [1.82, 2.24) is 24.6 Å². The van der Waals surface area contributed by atoms with Crippen molar-refractivity contribution in [3.63, 3.8) is 0 Å². The SMILES string of the molecule is Cc1cc(Nc2nc(Nc3cn(C)nc3S(=O)(=O)C(C)C)c3sccc3n2)c2c(c1C1CCN(C)CC1)CC(C)O2. The van der Waals surface area contributed by atoms with Gasteiger partial charge in [0.15, 0.2) is 5.82 Å². The molecule has 41 heavy (non-hydrogen) atoms. The molecule has 0 saturated carbocycles. The van der Waals surface area contributed by atoms with E-state index in [0.717, 1.165) is 54.0 Å². The summed E-state index contributed by atoms with van der Waals surface area (Å²) in [6.07, 6.45) is 4.96. The average molecular weight is 596 g/mol. The Morgan fingerprint density at radius 3 is 2.61 bits per heavy atom. The minimum Gasteiger partial charge on any atom is -0.488 e. The lowest BCUT2D eigenvalue weighted by molar-refractivity contribution is 0.254. The van der Waals surface area contributed by atoms with Crippen LogP contribution in [-0.4, -0.2) is 64.6 Å². The highest BCUT2D eigenvalue weighted by Crippen LogP contribution is 2.46. The molecule has 4 aromatic rings. The van der Waals surface area contributed by atoms with Crippen LogP contribution in [0.1, 0.15) is 56.2 Å². The molecule has 5 heterocycles. The number of hydrogen-bond acceptors (Lipinski definition) is 10. The summed E-state index contributed by atoms with van der Waals surface area (Å²) in [5, 5.41) is 12.3. The lowest BCUT2D eigenvalue weighted by Crippen LogP contribution is -2.29. The molecule has 0 aliphatic carbocycles. The lowest BCUT2D eigenvalue weighted by atomic mass is 9.82. The van der Waals surface area contributed by atoms with E-state index < -0.39 is 15.1 Å². The van der Waals surface area contributed by atoms with Crippen LogP contribution >= 0.6 is 11.3 Å². The molecule has 2 N–H and O–H groups in total. The van der Waals surface area contributed by atoms with Crippen LogP contribution in [0, 0.1) is 6.92 Å². The van der Waals surface area contributed by atoms with Gasteiger partial charge >= 0.3 is 0 Å². The average Bonchev–Trinajstić information content (AvgIpc) is 3.63. The summed E-state index contributed by atoms with van der Waals surface area (Å²) in [5.41, 5.74) is 5.99. The summed E-state index contributed by atoms with van der Waals surface area (Å²) in [5.74, 6) is 2.35. The third-order valence-corrected chi connectivity index (χ3v) is 11.0. The number of sulfone groups is 1. The molecule has 0 radical (unpaired) electrons. The Balaban J connectivity index is 1.38. The highest BCUT2D eigenvalue weighted by atomic mass is 32.2. The van der Waals surface area contributed by atoms with Gasteiger partial charge in [0.1, 0.15) is 11.9 Å². The summed E-state index contributed by atoms with van der Waals surface area (Å²) in [6.45, 7) is 9.83. The van der Waals surface area contributed by atoms with E-state index in [2.05, 4.69) is 47.6 Å². The van der Waals surface area contributed by atoms with Crippen molar-refractivity contribution in [2.75, 3.05) is 30.8 Å². The minimum atomic E-state index is -3.61. The largest absolute Gasteiger partial charge is 0.488 e. The van der Waals surface area contributed by atoms with E-state index in [-0.39, 0.29) is 11.1 Å². The Kier molecular flexibility index (Phi) is 7.19. The standard InChI is InChI=1S/C29H37N7O3S2/c1-16(2)41(37,38)28-23(15-36(6)34-28)30-27-26-21(9-12-40-26)31-29(33-27)32-22-13-17(3)24(19-7-10-35(5)11-8-19)20-14-18(4)39-25(20)22/h9,12-13,15-16,18-19H,7-8,10-11,14H2,1-6H3,(H2,30,31,32,33). The van der Waals surface area contributed by atoms with E-state index in [1.165, 1.54) is 32.7 Å². The van der Waals surface area contributed by atoms with Crippen molar-refractivity contribution in [2.45, 2.75) is 69.3 Å². The van der Waals surface area contributed by atoms with Crippen LogP contribution in [0.3, 0.4) is 0 Å². The van der Waals surface area contributed by atoms with Crippen LogP contribution in [0.5, 0.6) is 5.75 Å². The topological polar surface area (TPSA) is 114 Å². The summed E-state index contributed by atoms with van der Waals surface area (Å²) >= 11 is 1.50. The molecule has 1 unspecified atom stereocenters. The van der Waals surface area contributed by atoms with Crippen molar-refractivity contribution in [3.8, 4) is 5.75 Å². The number of likely N-dealkylation sites (tertiary alicyclic amines) is 1. The third-order valence-electron chi connectivity index (χ3n) is 8.06. The van der Waals surface area contributed by atoms with E-state index in [4.69, 9.17) is 14.7 Å². The summed E-state index contributed by atoms with van der Waals surface area (Å²) < 4.78 is 34.8. The zero-order valence-corrected chi connectivity index (χ0v) is 26.0. The molecule has 0 amide bonds. The maximum Gasteiger partial charge on any atom is 0.229 e. The molecule has 2 aliphatic rings. The van der Waals surface area contributed by atoms with E-state index >= 15 is 0 Å². The Hall–Kier alpha value is -3.22. The smallest absolute Gasteiger partial charge is 0.229 e. The number of nitrogens with one attached hydrogen (secondary N) is 2. The molecule has 1 aromatic carbocycles. The first kappa shape index (κ1) is 27.9. The first-order chi connectivity index (χ1) is 19.5. The van der Waals surface area contributed by atoms with Gasteiger partial charge in [-0.3, -0.25) is 4.68 Å². The van der Waals surface area contributed by atoms with Crippen LogP contribution in [0.15, 0.2) is 28.7 Å². The third kappa shape index (κ3) is 5.17. The monoisotopic (exact) mass is 595 g/mol. The van der Waals surface area contributed by atoms with Gasteiger partial charge in [-0.15, -0.1) is 11.3 Å². The van der Waals surface area contributed by atoms with E-state index in [1.54, 1.807) is 27.1 Å². The quantitative estimate of drug-likeness (QED) is 0.284. The molecule has 6 rings (SSSR count). The van der Waals surface area contributed by atoms with Crippen molar-refractivity contribution in [1.29, 1.82) is 0 Å². The molecule has 10 nitrogen and oxygen atoms in total. The Bertz CT molecular complexity index is 1720. The first-order valence-corrected chi connectivity index (χ1v) is 16.5. The van der Waals surface area contributed by atoms with Gasteiger partial charge in [-0.1, -0.05) is 0 Å². The Labute approximate surface area is 245 Å². The van der Waals surface area contributed by atoms with Crippen LogP contribution in [0.2, 0.25) is 0 Å². The number of anilines is 4. The molecule has 12 heteroatoms. The molecular weight excluding hydrogens is 558 g/mol. The van der Waals surface area contributed by atoms with Crippen LogP contribution in [0.4, 0.5) is 23.1 Å². The molecular formula is C29H37N7O3S2. The molecule has 3 aromatic heterocycles. The predicted molar refractivity (Wildman–Crippen MR) is 164 cm³/mol. The second-order valence-electron chi connectivity index (χ2n) is 11.6. The van der Waals surface area contributed by atoms with Crippen LogP contribution < -0.4 is 15.4 Å². The van der Waals surface area contributed by atoms with E-state index in [0.29, 0.717) is 23.4 Å². The van der Waals surface area contributed by atoms with Crippen molar-refractivity contribution < 1.29 is 13.2 Å². The van der Waals surface area contributed by atoms with Gasteiger partial charge < -0.3 is 20.3 Å². The number of piperidine rings is 1. The number of rotatable bonds is 7. The summed E-state index contributed by atoms with van der Waals surface area (Å²) in [4.78, 5) is 12.0. The highest BCUT2D eigenvalue weighted by Gasteiger charge is 2.32. The summed E-state index contributed by atoms with van der Waals surface area (Å²) in [6, 6.07) is 4.09. The number of hydrogen-bond donors (Lipinski definition) is 2. The molecule has 2 aliphatic heterocycles. The number of aromatic nitrogens is 4. The van der Waals surface area contributed by atoms with Gasteiger partial charge in [0.25, 0.3) is 0 Å². The number of ether oxygens (including phenoxy) is 1. The lowest BCUT2D eigenvalue weighted by Gasteiger charge is -2.31. The number of nitrogens with zero attached hydrogens (tertiary/aromatic N) is 5. The fraction of sp³-hybridized carbons (Fsp3) is 0.483. The van der Waals surface area contributed by atoms with Gasteiger partial charge in [-0.05, 0) is 95.2 Å². The maximum absolute atomic E-state index is 13.0. The number of aryl methyl sites for hydroxylation is 2. The molecule has 218 valence electrons. The zero-order valence-electron chi connectivity index (χ0n) is 24.4. The molecule has 1 atom stereocenters. The highest BCUT2D eigenvalue weighted by molar-refractivity contribution is 7.92. The Morgan fingerprint density at radius 1 is 1.12 bits per heavy atom. The predicted octanol–water partition coefficient (Wildman–Crippen LogP) is 5.54. The van der Waals surface area contributed by atoms with Gasteiger partial charge in [0, 0.05) is 25.2 Å². The molecule has 0 spiro atoms. The zero-order chi connectivity index (χ0) is 29.1. The maximum atomic E-state index is 13.0. The van der Waals surface area contributed by atoms with Crippen molar-refractivity contribution >= 4 is 54.5 Å². The molecule has 0 bridgehead atoms. The first-order valence-electron chi connectivity index (χ1n) is 14.1. The molecule has 1 fully saturated rings. The summed E-state index contributed by atoms with van der Waals surface area (Å²) in [7, 11) is 0.290. The van der Waals surface area contributed by atoms with Crippen LogP contribution in [0.25, 0.3) is 10.2 Å². The van der Waals surface area contributed by atoms with Gasteiger partial charge in [0.2, 0.25) is 20.8 Å². The van der Waals surface area contributed by atoms with Crippen molar-refractivity contribution in [3.05, 3.63) is 40.4 Å². The second kappa shape index (κ2) is 10.6. The van der Waals surface area contributed by atoms with Crippen molar-refractivity contribution in [2.24, 2.45) is 7.05 Å². The number of benzene rings is 1. The number of thiophene rings is 1. The second-order valence-corrected chi connectivity index (χ2v) is 14.9. The fourth-order valence-corrected chi connectivity index (χ4v) is 7.82.